The number of fused-ring (bicyclic) bond motifs is 1. The van der Waals surface area contributed by atoms with Crippen molar-refractivity contribution < 1.29 is 14.6 Å². The Balaban J connectivity index is 2.82. The molecule has 19 heavy (non-hydrogen) atoms. The molecule has 7 heteroatoms. The van der Waals surface area contributed by atoms with Gasteiger partial charge in [0.2, 0.25) is 0 Å². The van der Waals surface area contributed by atoms with Crippen LogP contribution in [0.1, 0.15) is 17.3 Å². The topological polar surface area (TPSA) is 79.4 Å². The number of ether oxygens (including phenoxy) is 1. The van der Waals surface area contributed by atoms with Crippen LogP contribution in [0.15, 0.2) is 16.9 Å². The molecule has 1 heterocycles. The van der Waals surface area contributed by atoms with Gasteiger partial charge in [-0.3, -0.25) is 4.79 Å². The molecule has 2 rings (SSSR count). The Kier molecular flexibility index (Phi) is 4.00. The first kappa shape index (κ1) is 14.1. The summed E-state index contributed by atoms with van der Waals surface area (Å²) in [5, 5.41) is 10.9. The molecule has 2 aromatic rings. The molecule has 0 amide bonds. The minimum atomic E-state index is -0.853. The minimum Gasteiger partial charge on any atom is -0.506 e. The van der Waals surface area contributed by atoms with Gasteiger partial charge in [-0.25, -0.2) is 4.79 Å². The van der Waals surface area contributed by atoms with E-state index >= 15 is 0 Å². The Bertz CT molecular complexity index is 726. The van der Waals surface area contributed by atoms with Crippen molar-refractivity contribution in [2.75, 3.05) is 6.61 Å². The lowest BCUT2D eigenvalue weighted by Crippen LogP contribution is -2.20. The van der Waals surface area contributed by atoms with Crippen LogP contribution in [0.5, 0.6) is 5.75 Å². The van der Waals surface area contributed by atoms with Gasteiger partial charge in [-0.05, 0) is 41.6 Å². The molecule has 2 N–H and O–H groups in total. The largest absolute Gasteiger partial charge is 0.506 e. The van der Waals surface area contributed by atoms with E-state index in [1.807, 2.05) is 22.6 Å². The Labute approximate surface area is 126 Å². The number of aromatic hydroxyl groups is 1. The summed E-state index contributed by atoms with van der Waals surface area (Å²) in [6, 6.07) is 3.13. The number of halogens is 2. The lowest BCUT2D eigenvalue weighted by molar-refractivity contribution is 0.0521. The van der Waals surface area contributed by atoms with E-state index in [4.69, 9.17) is 16.3 Å². The van der Waals surface area contributed by atoms with Crippen molar-refractivity contribution in [2.24, 2.45) is 0 Å². The lowest BCUT2D eigenvalue weighted by Gasteiger charge is -2.08. The summed E-state index contributed by atoms with van der Waals surface area (Å²) in [5.41, 5.74) is -0.733. The van der Waals surface area contributed by atoms with Gasteiger partial charge in [0.05, 0.1) is 17.5 Å². The molecule has 100 valence electrons. The van der Waals surface area contributed by atoms with Crippen LogP contribution in [0.3, 0.4) is 0 Å². The first-order valence-electron chi connectivity index (χ1n) is 5.36. The summed E-state index contributed by atoms with van der Waals surface area (Å²) in [4.78, 5) is 26.0. The maximum absolute atomic E-state index is 11.8. The number of hydrogen-bond acceptors (Lipinski definition) is 4. The van der Waals surface area contributed by atoms with Crippen LogP contribution < -0.4 is 5.56 Å². The van der Waals surface area contributed by atoms with Crippen LogP contribution in [0, 0.1) is 3.57 Å². The van der Waals surface area contributed by atoms with Gasteiger partial charge in [-0.2, -0.15) is 0 Å². The molecule has 1 aromatic heterocycles. The molecule has 0 spiro atoms. The summed E-state index contributed by atoms with van der Waals surface area (Å²) in [6.07, 6.45) is 0. The zero-order chi connectivity index (χ0) is 14.2. The fourth-order valence-electron chi connectivity index (χ4n) is 1.72. The second-order valence-corrected chi connectivity index (χ2v) is 5.31. The fraction of sp³-hybridized carbons (Fsp3) is 0.167. The van der Waals surface area contributed by atoms with Gasteiger partial charge >= 0.3 is 5.97 Å². The number of H-pyrrole nitrogens is 1. The predicted octanol–water partition coefficient (Wildman–Crippen LogP) is 2.67. The SMILES string of the molecule is CCOC(=O)c1c(O)c2c(I)cc(Cl)cc2[nH]c1=O. The number of nitrogens with one attached hydrogen (secondary N) is 1. The van der Waals surface area contributed by atoms with Gasteiger partial charge in [0.1, 0.15) is 5.75 Å². The third-order valence-corrected chi connectivity index (χ3v) is 3.55. The summed E-state index contributed by atoms with van der Waals surface area (Å²) in [5.74, 6) is -1.24. The highest BCUT2D eigenvalue weighted by molar-refractivity contribution is 14.1. The average molecular weight is 394 g/mol. The van der Waals surface area contributed by atoms with E-state index in [1.165, 1.54) is 6.07 Å². The van der Waals surface area contributed by atoms with E-state index in [0.29, 0.717) is 19.5 Å². The van der Waals surface area contributed by atoms with E-state index < -0.39 is 22.8 Å². The molecule has 0 saturated carbocycles. The van der Waals surface area contributed by atoms with Crippen molar-refractivity contribution >= 4 is 51.1 Å². The molecule has 1 aromatic carbocycles. The quantitative estimate of drug-likeness (QED) is 0.607. The maximum atomic E-state index is 11.8. The van der Waals surface area contributed by atoms with Crippen molar-refractivity contribution in [3.63, 3.8) is 0 Å². The van der Waals surface area contributed by atoms with Crippen molar-refractivity contribution in [3.05, 3.63) is 36.6 Å². The molecule has 0 atom stereocenters. The molecule has 5 nitrogen and oxygen atoms in total. The molecule has 0 bridgehead atoms. The molecule has 0 aliphatic heterocycles. The highest BCUT2D eigenvalue weighted by Crippen LogP contribution is 2.32. The van der Waals surface area contributed by atoms with E-state index in [2.05, 4.69) is 4.98 Å². The number of rotatable bonds is 2. The second-order valence-electron chi connectivity index (χ2n) is 3.71. The second kappa shape index (κ2) is 5.38. The molecular weight excluding hydrogens is 384 g/mol. The van der Waals surface area contributed by atoms with Crippen molar-refractivity contribution in [2.45, 2.75) is 6.92 Å². The van der Waals surface area contributed by atoms with Gasteiger partial charge in [-0.1, -0.05) is 11.6 Å². The number of aromatic amines is 1. The van der Waals surface area contributed by atoms with E-state index in [-0.39, 0.29) is 6.61 Å². The number of pyridine rings is 1. The normalized spacial score (nSPS) is 10.7. The first-order chi connectivity index (χ1) is 8.95. The Morgan fingerprint density at radius 3 is 2.84 bits per heavy atom. The Morgan fingerprint density at radius 2 is 2.21 bits per heavy atom. The van der Waals surface area contributed by atoms with Gasteiger partial charge in [0, 0.05) is 8.59 Å². The number of benzene rings is 1. The van der Waals surface area contributed by atoms with Gasteiger partial charge in [0.15, 0.2) is 5.56 Å². The Morgan fingerprint density at radius 1 is 1.53 bits per heavy atom. The third kappa shape index (κ3) is 2.55. The van der Waals surface area contributed by atoms with Crippen LogP contribution in [0.2, 0.25) is 5.02 Å². The number of hydrogen-bond donors (Lipinski definition) is 2. The summed E-state index contributed by atoms with van der Waals surface area (Å²) in [6.45, 7) is 1.74. The number of aromatic nitrogens is 1. The van der Waals surface area contributed by atoms with Crippen LogP contribution in [0.25, 0.3) is 10.9 Å². The van der Waals surface area contributed by atoms with Crippen LogP contribution in [0.4, 0.5) is 0 Å². The minimum absolute atomic E-state index is 0.119. The number of carbonyl (C=O) groups excluding carboxylic acids is 1. The zero-order valence-corrected chi connectivity index (χ0v) is 12.7. The van der Waals surface area contributed by atoms with E-state index in [0.717, 1.165) is 0 Å². The fourth-order valence-corrected chi connectivity index (χ4v) is 3.01. The zero-order valence-electron chi connectivity index (χ0n) is 9.79. The predicted molar refractivity (Wildman–Crippen MR) is 79.9 cm³/mol. The highest BCUT2D eigenvalue weighted by Gasteiger charge is 2.21. The summed E-state index contributed by atoms with van der Waals surface area (Å²) in [7, 11) is 0. The third-order valence-electron chi connectivity index (χ3n) is 2.48. The van der Waals surface area contributed by atoms with E-state index in [9.17, 15) is 14.7 Å². The van der Waals surface area contributed by atoms with Gasteiger partial charge in [0.25, 0.3) is 5.56 Å². The smallest absolute Gasteiger partial charge is 0.347 e. The highest BCUT2D eigenvalue weighted by atomic mass is 127. The lowest BCUT2D eigenvalue weighted by atomic mass is 10.1. The number of esters is 1. The molecule has 0 unspecified atom stereocenters. The van der Waals surface area contributed by atoms with Crippen molar-refractivity contribution in [1.29, 1.82) is 0 Å². The van der Waals surface area contributed by atoms with Crippen LogP contribution >= 0.6 is 34.2 Å². The van der Waals surface area contributed by atoms with E-state index in [1.54, 1.807) is 13.0 Å². The van der Waals surface area contributed by atoms with Crippen LogP contribution in [-0.4, -0.2) is 22.7 Å². The molecule has 0 aliphatic carbocycles. The number of carbonyl (C=O) groups is 1. The molecule has 0 aliphatic rings. The maximum Gasteiger partial charge on any atom is 0.347 e. The summed E-state index contributed by atoms with van der Waals surface area (Å²) >= 11 is 7.84. The molecular formula is C12H9ClINO4. The van der Waals surface area contributed by atoms with Gasteiger partial charge in [-0.15, -0.1) is 0 Å². The molecule has 0 radical (unpaired) electrons. The van der Waals surface area contributed by atoms with Crippen molar-refractivity contribution in [3.8, 4) is 5.75 Å². The monoisotopic (exact) mass is 393 g/mol. The first-order valence-corrected chi connectivity index (χ1v) is 6.82. The molecule has 0 saturated heterocycles. The van der Waals surface area contributed by atoms with Crippen LogP contribution in [-0.2, 0) is 4.74 Å². The Hall–Kier alpha value is -1.28. The van der Waals surface area contributed by atoms with Gasteiger partial charge < -0.3 is 14.8 Å². The standard InChI is InChI=1S/C12H9ClINO4/c1-2-19-12(18)9-10(16)8-6(14)3-5(13)4-7(8)15-11(9)17/h3-4H,2H2,1H3,(H2,15,16,17). The average Bonchev–Trinajstić information content (AvgIpc) is 2.27. The molecule has 0 fully saturated rings. The summed E-state index contributed by atoms with van der Waals surface area (Å²) < 4.78 is 5.38. The van der Waals surface area contributed by atoms with Crippen molar-refractivity contribution in [1.82, 2.24) is 4.98 Å².